The average Bonchev–Trinajstić information content (AvgIpc) is 3.64. The van der Waals surface area contributed by atoms with E-state index in [0.29, 0.717) is 34.3 Å². The van der Waals surface area contributed by atoms with E-state index in [0.717, 1.165) is 32.7 Å². The van der Waals surface area contributed by atoms with Crippen molar-refractivity contribution in [1.29, 1.82) is 0 Å². The van der Waals surface area contributed by atoms with Gasteiger partial charge in [0.2, 0.25) is 0 Å². The molecule has 6 nitrogen and oxygen atoms in total. The summed E-state index contributed by atoms with van der Waals surface area (Å²) in [4.78, 5) is 25.1. The van der Waals surface area contributed by atoms with E-state index in [2.05, 4.69) is 9.69 Å². The first-order chi connectivity index (χ1) is 18.2. The monoisotopic (exact) mass is 566 g/mol. The number of ether oxygens (including phenoxy) is 1. The Hall–Kier alpha value is -3.39. The molecule has 38 heavy (non-hydrogen) atoms. The van der Waals surface area contributed by atoms with Crippen LogP contribution < -0.4 is 5.32 Å². The van der Waals surface area contributed by atoms with Crippen LogP contribution in [0.4, 0.5) is 10.5 Å². The van der Waals surface area contributed by atoms with Crippen LogP contribution in [0.1, 0.15) is 42.7 Å². The van der Waals surface area contributed by atoms with Crippen molar-refractivity contribution in [2.75, 3.05) is 5.32 Å². The third-order valence-corrected chi connectivity index (χ3v) is 8.50. The largest absolute Gasteiger partial charge is 0.481 e. The molecule has 1 aliphatic rings. The average molecular weight is 567 g/mol. The van der Waals surface area contributed by atoms with Gasteiger partial charge in [-0.15, -0.1) is 0 Å². The molecule has 0 aliphatic heterocycles. The molecule has 0 spiro atoms. The second-order valence-electron chi connectivity index (χ2n) is 9.33. The molecule has 1 aliphatic carbocycles. The third-order valence-electron chi connectivity index (χ3n) is 6.86. The minimum Gasteiger partial charge on any atom is -0.481 e. The number of benzene rings is 3. The highest BCUT2D eigenvalue weighted by Crippen LogP contribution is 2.49. The molecular formula is C29H24Cl2N2O4S. The number of halogens is 2. The van der Waals surface area contributed by atoms with Gasteiger partial charge >= 0.3 is 12.1 Å². The Kier molecular flexibility index (Phi) is 7.18. The van der Waals surface area contributed by atoms with E-state index >= 15 is 0 Å². The maximum atomic E-state index is 12.7. The molecule has 0 bridgehead atoms. The Balaban J connectivity index is 1.34. The summed E-state index contributed by atoms with van der Waals surface area (Å²) < 4.78 is 9.99. The third kappa shape index (κ3) is 5.01. The topological polar surface area (TPSA) is 88.5 Å². The van der Waals surface area contributed by atoms with Crippen molar-refractivity contribution >= 4 is 52.5 Å². The summed E-state index contributed by atoms with van der Waals surface area (Å²) in [6.45, 7) is 3.58. The van der Waals surface area contributed by atoms with Crippen LogP contribution in [-0.2, 0) is 14.9 Å². The minimum atomic E-state index is -0.779. The molecule has 1 atom stereocenters. The van der Waals surface area contributed by atoms with E-state index < -0.39 is 23.6 Å². The van der Waals surface area contributed by atoms with Crippen LogP contribution in [0, 0.1) is 6.92 Å². The van der Waals surface area contributed by atoms with Gasteiger partial charge in [-0.2, -0.15) is 4.37 Å². The smallest absolute Gasteiger partial charge is 0.412 e. The summed E-state index contributed by atoms with van der Waals surface area (Å²) in [6, 6.07) is 20.4. The van der Waals surface area contributed by atoms with Crippen LogP contribution in [0.2, 0.25) is 10.0 Å². The van der Waals surface area contributed by atoms with Gasteiger partial charge in [0.05, 0.1) is 21.7 Å². The molecule has 2 N–H and O–H groups in total. The first-order valence-corrected chi connectivity index (χ1v) is 13.5. The first kappa shape index (κ1) is 26.2. The second-order valence-corrected chi connectivity index (χ2v) is 10.9. The predicted octanol–water partition coefficient (Wildman–Crippen LogP) is 8.52. The number of hydrogen-bond acceptors (Lipinski definition) is 5. The van der Waals surface area contributed by atoms with Crippen molar-refractivity contribution in [2.45, 2.75) is 38.2 Å². The number of carbonyl (C=O) groups excluding carboxylic acids is 1. The fraction of sp³-hybridized carbons (Fsp3) is 0.207. The number of hydrogen-bond donors (Lipinski definition) is 2. The van der Waals surface area contributed by atoms with Gasteiger partial charge in [-0.25, -0.2) is 4.79 Å². The number of nitrogens with one attached hydrogen (secondary N) is 1. The zero-order valence-electron chi connectivity index (χ0n) is 20.6. The van der Waals surface area contributed by atoms with Gasteiger partial charge in [-0.1, -0.05) is 77.8 Å². The Morgan fingerprint density at radius 1 is 1.03 bits per heavy atom. The minimum absolute atomic E-state index is 0.528. The van der Waals surface area contributed by atoms with Gasteiger partial charge in [0.1, 0.15) is 6.10 Å². The van der Waals surface area contributed by atoms with Crippen LogP contribution in [-0.4, -0.2) is 21.5 Å². The van der Waals surface area contributed by atoms with Gasteiger partial charge in [0, 0.05) is 21.2 Å². The number of nitrogens with zero attached hydrogens (tertiary/aromatic N) is 1. The van der Waals surface area contributed by atoms with Crippen molar-refractivity contribution in [3.05, 3.63) is 93.6 Å². The van der Waals surface area contributed by atoms with Crippen LogP contribution in [0.25, 0.3) is 21.6 Å². The quantitative estimate of drug-likeness (QED) is 0.234. The van der Waals surface area contributed by atoms with Crippen molar-refractivity contribution in [3.8, 4) is 21.6 Å². The fourth-order valence-electron chi connectivity index (χ4n) is 4.48. The van der Waals surface area contributed by atoms with E-state index in [1.54, 1.807) is 13.0 Å². The molecule has 0 radical (unpaired) electrons. The van der Waals surface area contributed by atoms with E-state index in [4.69, 9.17) is 27.9 Å². The lowest BCUT2D eigenvalue weighted by atomic mass is 9.93. The fourth-order valence-corrected chi connectivity index (χ4v) is 5.91. The highest BCUT2D eigenvalue weighted by atomic mass is 35.5. The molecular weight excluding hydrogens is 543 g/mol. The second kappa shape index (κ2) is 10.4. The van der Waals surface area contributed by atoms with Crippen LogP contribution in [0.3, 0.4) is 0 Å². The SMILES string of the molecule is Cc1nsc(-c2ccc(-c3ccc(C4(C(=O)O)CC4)cc3)c(Cl)c2)c1NC(=O)OC(C)c1ccccc1Cl. The standard InChI is InChI=1S/C29H24Cl2N2O4S/c1-16-25(32-28(36)37-17(2)21-5-3-4-6-23(21)30)26(38-33-16)19-9-12-22(24(31)15-19)18-7-10-20(11-8-18)29(13-14-29)27(34)35/h3-12,15,17H,13-14H2,1-2H3,(H,32,36)(H,34,35). The number of carboxylic acids is 1. The lowest BCUT2D eigenvalue weighted by Gasteiger charge is -2.16. The first-order valence-electron chi connectivity index (χ1n) is 12.0. The van der Waals surface area contributed by atoms with Crippen molar-refractivity contribution in [2.24, 2.45) is 0 Å². The van der Waals surface area contributed by atoms with E-state index in [1.807, 2.05) is 67.6 Å². The molecule has 1 amide bonds. The number of carboxylic acid groups (broad SMARTS) is 1. The Morgan fingerprint density at radius 2 is 1.71 bits per heavy atom. The van der Waals surface area contributed by atoms with E-state index in [1.165, 1.54) is 11.5 Å². The maximum Gasteiger partial charge on any atom is 0.412 e. The van der Waals surface area contributed by atoms with Crippen LogP contribution in [0.5, 0.6) is 0 Å². The molecule has 1 saturated carbocycles. The van der Waals surface area contributed by atoms with Gasteiger partial charge in [0.15, 0.2) is 0 Å². The Bertz CT molecular complexity index is 1530. The number of anilines is 1. The van der Waals surface area contributed by atoms with Crippen LogP contribution in [0.15, 0.2) is 66.7 Å². The van der Waals surface area contributed by atoms with Gasteiger partial charge < -0.3 is 9.84 Å². The summed E-state index contributed by atoms with van der Waals surface area (Å²) in [5.74, 6) is -0.779. The molecule has 4 aromatic rings. The zero-order valence-corrected chi connectivity index (χ0v) is 23.0. The summed E-state index contributed by atoms with van der Waals surface area (Å²) in [6.07, 6.45) is 0.173. The summed E-state index contributed by atoms with van der Waals surface area (Å²) in [5, 5.41) is 13.4. The van der Waals surface area contributed by atoms with Crippen molar-refractivity contribution in [3.63, 3.8) is 0 Å². The van der Waals surface area contributed by atoms with Crippen LogP contribution >= 0.6 is 34.7 Å². The van der Waals surface area contributed by atoms with Gasteiger partial charge in [0.25, 0.3) is 0 Å². The number of aryl methyl sites for hydroxylation is 1. The molecule has 1 heterocycles. The Morgan fingerprint density at radius 3 is 2.34 bits per heavy atom. The lowest BCUT2D eigenvalue weighted by Crippen LogP contribution is -2.19. The van der Waals surface area contributed by atoms with E-state index in [-0.39, 0.29) is 0 Å². The molecule has 1 fully saturated rings. The number of rotatable bonds is 7. The number of amides is 1. The summed E-state index contributed by atoms with van der Waals surface area (Å²) in [5.41, 5.74) is 4.53. The molecule has 5 rings (SSSR count). The normalized spacial score (nSPS) is 14.5. The zero-order chi connectivity index (χ0) is 27.0. The molecule has 194 valence electrons. The highest BCUT2D eigenvalue weighted by molar-refractivity contribution is 7.10. The summed E-state index contributed by atoms with van der Waals surface area (Å²) >= 11 is 14.2. The number of aromatic nitrogens is 1. The molecule has 1 aromatic heterocycles. The molecule has 1 unspecified atom stereocenters. The van der Waals surface area contributed by atoms with Gasteiger partial charge in [-0.05, 0) is 67.0 Å². The highest BCUT2D eigenvalue weighted by Gasteiger charge is 2.51. The molecule has 0 saturated heterocycles. The van der Waals surface area contributed by atoms with Gasteiger partial charge in [-0.3, -0.25) is 10.1 Å². The number of carbonyl (C=O) groups is 2. The Labute approximate surface area is 234 Å². The van der Waals surface area contributed by atoms with Crippen molar-refractivity contribution in [1.82, 2.24) is 4.37 Å². The molecule has 3 aromatic carbocycles. The van der Waals surface area contributed by atoms with Crippen molar-refractivity contribution < 1.29 is 19.4 Å². The molecule has 9 heteroatoms. The number of aliphatic carboxylic acids is 1. The lowest BCUT2D eigenvalue weighted by molar-refractivity contribution is -0.140. The predicted molar refractivity (Wildman–Crippen MR) is 151 cm³/mol. The maximum absolute atomic E-state index is 12.7. The summed E-state index contributed by atoms with van der Waals surface area (Å²) in [7, 11) is 0. The van der Waals surface area contributed by atoms with E-state index in [9.17, 15) is 14.7 Å².